The topological polar surface area (TPSA) is 133 Å². The van der Waals surface area contributed by atoms with Gasteiger partial charge in [-0.2, -0.15) is 9.40 Å². The van der Waals surface area contributed by atoms with Crippen LogP contribution >= 0.6 is 0 Å². The highest BCUT2D eigenvalue weighted by atomic mass is 32.2. The van der Waals surface area contributed by atoms with E-state index in [-0.39, 0.29) is 13.2 Å². The van der Waals surface area contributed by atoms with E-state index in [4.69, 9.17) is 5.11 Å². The fraction of sp³-hybridized carbons (Fsp3) is 0.556. The summed E-state index contributed by atoms with van der Waals surface area (Å²) in [6.07, 6.45) is -0.102. The number of hydrogen-bond acceptors (Lipinski definition) is 6. The summed E-state index contributed by atoms with van der Waals surface area (Å²) in [5.74, 6) is -1.40. The van der Waals surface area contributed by atoms with Gasteiger partial charge in [0.05, 0.1) is 18.9 Å². The number of carboxylic acid groups (broad SMARTS) is 1. The van der Waals surface area contributed by atoms with Crippen LogP contribution in [0.2, 0.25) is 0 Å². The Kier molecular flexibility index (Phi) is 5.00. The summed E-state index contributed by atoms with van der Waals surface area (Å²) in [5, 5.41) is 23.4. The SMILES string of the molecule is COCC(O)CN(C)S(=O)(=O)c1[nH]ncc1C(=O)O. The van der Waals surface area contributed by atoms with Gasteiger partial charge in [-0.3, -0.25) is 5.10 Å². The Morgan fingerprint density at radius 3 is 2.79 bits per heavy atom. The number of likely N-dealkylation sites (N-methyl/N-ethyl adjacent to an activating group) is 1. The maximum Gasteiger partial charge on any atom is 0.340 e. The molecule has 3 N–H and O–H groups in total. The predicted molar refractivity (Wildman–Crippen MR) is 63.2 cm³/mol. The van der Waals surface area contributed by atoms with Crippen LogP contribution in [0.25, 0.3) is 0 Å². The first-order valence-corrected chi connectivity index (χ1v) is 6.64. The molecule has 1 aromatic heterocycles. The predicted octanol–water partition coefficient (Wildman–Crippen LogP) is -1.26. The molecule has 1 aromatic rings. The van der Waals surface area contributed by atoms with Gasteiger partial charge in [-0.15, -0.1) is 0 Å². The van der Waals surface area contributed by atoms with Crippen molar-refractivity contribution in [2.24, 2.45) is 0 Å². The van der Waals surface area contributed by atoms with E-state index >= 15 is 0 Å². The number of rotatable bonds is 7. The summed E-state index contributed by atoms with van der Waals surface area (Å²) in [5.41, 5.74) is -0.451. The molecule has 9 nitrogen and oxygen atoms in total. The largest absolute Gasteiger partial charge is 0.478 e. The Morgan fingerprint density at radius 2 is 2.26 bits per heavy atom. The van der Waals surface area contributed by atoms with Crippen molar-refractivity contribution in [2.75, 3.05) is 27.3 Å². The van der Waals surface area contributed by atoms with Crippen molar-refractivity contribution in [1.29, 1.82) is 0 Å². The smallest absolute Gasteiger partial charge is 0.340 e. The van der Waals surface area contributed by atoms with Crippen LogP contribution in [0.15, 0.2) is 11.2 Å². The first-order chi connectivity index (χ1) is 8.80. The number of aromatic nitrogens is 2. The van der Waals surface area contributed by atoms with Gasteiger partial charge in [0.2, 0.25) is 0 Å². The molecule has 0 aliphatic heterocycles. The number of ether oxygens (including phenoxy) is 1. The van der Waals surface area contributed by atoms with Crippen molar-refractivity contribution in [3.05, 3.63) is 11.8 Å². The van der Waals surface area contributed by atoms with E-state index in [1.54, 1.807) is 0 Å². The van der Waals surface area contributed by atoms with E-state index in [0.717, 1.165) is 10.5 Å². The molecule has 0 saturated heterocycles. The van der Waals surface area contributed by atoms with Crippen molar-refractivity contribution in [1.82, 2.24) is 14.5 Å². The maximum absolute atomic E-state index is 12.1. The summed E-state index contributed by atoms with van der Waals surface area (Å²) in [4.78, 5) is 10.9. The number of aliphatic hydroxyl groups excluding tert-OH is 1. The average molecular weight is 293 g/mol. The molecule has 0 radical (unpaired) electrons. The molecule has 0 fully saturated rings. The zero-order chi connectivity index (χ0) is 14.6. The van der Waals surface area contributed by atoms with Crippen molar-refractivity contribution >= 4 is 16.0 Å². The van der Waals surface area contributed by atoms with Gasteiger partial charge in [0.25, 0.3) is 10.0 Å². The number of carbonyl (C=O) groups is 1. The molecule has 10 heteroatoms. The summed E-state index contributed by atoms with van der Waals surface area (Å²) >= 11 is 0. The molecule has 1 atom stereocenters. The third-order valence-electron chi connectivity index (χ3n) is 2.33. The number of hydrogen-bond donors (Lipinski definition) is 3. The molecule has 1 unspecified atom stereocenters. The standard InChI is InChI=1S/C9H15N3O6S/c1-12(4-6(13)5-18-2)19(16,17)8-7(9(14)15)3-10-11-8/h3,6,13H,4-5H2,1-2H3,(H,10,11)(H,14,15). The molecule has 0 amide bonds. The lowest BCUT2D eigenvalue weighted by molar-refractivity contribution is 0.0553. The van der Waals surface area contributed by atoms with E-state index in [0.29, 0.717) is 0 Å². The summed E-state index contributed by atoms with van der Waals surface area (Å²) < 4.78 is 29.7. The summed E-state index contributed by atoms with van der Waals surface area (Å²) in [6, 6.07) is 0. The number of nitrogens with one attached hydrogen (secondary N) is 1. The van der Waals surface area contributed by atoms with Gasteiger partial charge in [-0.05, 0) is 0 Å². The molecule has 0 aromatic carbocycles. The van der Waals surface area contributed by atoms with Crippen LogP contribution in [0.3, 0.4) is 0 Å². The summed E-state index contributed by atoms with van der Waals surface area (Å²) in [6.45, 7) is -0.261. The minimum atomic E-state index is -4.07. The number of nitrogens with zero attached hydrogens (tertiary/aromatic N) is 2. The molecule has 1 rings (SSSR count). The number of H-pyrrole nitrogens is 1. The molecule has 108 valence electrons. The lowest BCUT2D eigenvalue weighted by Crippen LogP contribution is -2.36. The quantitative estimate of drug-likeness (QED) is 0.571. The lowest BCUT2D eigenvalue weighted by atomic mass is 10.4. The first kappa shape index (κ1) is 15.6. The van der Waals surface area contributed by atoms with Crippen molar-refractivity contribution in [3.8, 4) is 0 Å². The van der Waals surface area contributed by atoms with Gasteiger partial charge in [0, 0.05) is 20.7 Å². The zero-order valence-electron chi connectivity index (χ0n) is 10.4. The molecular weight excluding hydrogens is 278 g/mol. The summed E-state index contributed by atoms with van der Waals surface area (Å²) in [7, 11) is -1.47. The van der Waals surface area contributed by atoms with Gasteiger partial charge >= 0.3 is 5.97 Å². The highest BCUT2D eigenvalue weighted by molar-refractivity contribution is 7.89. The highest BCUT2D eigenvalue weighted by Crippen LogP contribution is 2.16. The van der Waals surface area contributed by atoms with E-state index in [1.807, 2.05) is 0 Å². The van der Waals surface area contributed by atoms with Crippen molar-refractivity contribution in [3.63, 3.8) is 0 Å². The van der Waals surface area contributed by atoms with Crippen LogP contribution < -0.4 is 0 Å². The fourth-order valence-corrected chi connectivity index (χ4v) is 2.69. The van der Waals surface area contributed by atoms with E-state index < -0.39 is 32.7 Å². The molecule has 0 bridgehead atoms. The number of aromatic amines is 1. The van der Waals surface area contributed by atoms with E-state index in [1.165, 1.54) is 14.2 Å². The first-order valence-electron chi connectivity index (χ1n) is 5.20. The van der Waals surface area contributed by atoms with Crippen molar-refractivity contribution in [2.45, 2.75) is 11.1 Å². The second-order valence-electron chi connectivity index (χ2n) is 3.81. The third-order valence-corrected chi connectivity index (χ3v) is 4.13. The second-order valence-corrected chi connectivity index (χ2v) is 5.79. The molecule has 0 aliphatic carbocycles. The molecule has 19 heavy (non-hydrogen) atoms. The molecule has 0 spiro atoms. The van der Waals surface area contributed by atoms with Crippen LogP contribution in [0.4, 0.5) is 0 Å². The number of aliphatic hydroxyl groups is 1. The van der Waals surface area contributed by atoms with Gasteiger partial charge in [0.15, 0.2) is 5.03 Å². The van der Waals surface area contributed by atoms with Crippen LogP contribution in [-0.4, -0.2) is 72.5 Å². The number of methoxy groups -OCH3 is 1. The van der Waals surface area contributed by atoms with Crippen molar-refractivity contribution < 1.29 is 28.2 Å². The Labute approximate surface area is 109 Å². The minimum absolute atomic E-state index is 0.0331. The monoisotopic (exact) mass is 293 g/mol. The molecule has 0 aliphatic rings. The number of carboxylic acids is 1. The molecule has 1 heterocycles. The second kappa shape index (κ2) is 6.10. The Hall–Kier alpha value is -1.49. The Balaban J connectivity index is 2.97. The number of sulfonamides is 1. The highest BCUT2D eigenvalue weighted by Gasteiger charge is 2.29. The normalized spacial score (nSPS) is 13.7. The Morgan fingerprint density at radius 1 is 1.63 bits per heavy atom. The number of aromatic carboxylic acids is 1. The fourth-order valence-electron chi connectivity index (χ4n) is 1.42. The van der Waals surface area contributed by atoms with E-state index in [2.05, 4.69) is 14.9 Å². The van der Waals surface area contributed by atoms with Crippen LogP contribution in [0.5, 0.6) is 0 Å². The third kappa shape index (κ3) is 3.50. The van der Waals surface area contributed by atoms with Crippen LogP contribution in [-0.2, 0) is 14.8 Å². The van der Waals surface area contributed by atoms with Gasteiger partial charge in [-0.1, -0.05) is 0 Å². The zero-order valence-corrected chi connectivity index (χ0v) is 11.2. The Bertz CT molecular complexity index is 540. The lowest BCUT2D eigenvalue weighted by Gasteiger charge is -2.19. The van der Waals surface area contributed by atoms with Gasteiger partial charge in [0.1, 0.15) is 5.56 Å². The average Bonchev–Trinajstić information content (AvgIpc) is 2.78. The maximum atomic E-state index is 12.1. The van der Waals surface area contributed by atoms with E-state index in [9.17, 15) is 18.3 Å². The molecule has 0 saturated carbocycles. The molecular formula is C9H15N3O6S. The van der Waals surface area contributed by atoms with Crippen LogP contribution in [0.1, 0.15) is 10.4 Å². The minimum Gasteiger partial charge on any atom is -0.478 e. The van der Waals surface area contributed by atoms with Gasteiger partial charge < -0.3 is 14.9 Å². The van der Waals surface area contributed by atoms with Crippen LogP contribution in [0, 0.1) is 0 Å². The van der Waals surface area contributed by atoms with Gasteiger partial charge in [-0.25, -0.2) is 13.2 Å².